The van der Waals surface area contributed by atoms with Crippen molar-refractivity contribution in [3.63, 3.8) is 0 Å². The van der Waals surface area contributed by atoms with Crippen LogP contribution in [0.4, 0.5) is 11.6 Å². The summed E-state index contributed by atoms with van der Waals surface area (Å²) in [6, 6.07) is 0.335. The lowest BCUT2D eigenvalue weighted by atomic mass is 9.89. The quantitative estimate of drug-likeness (QED) is 0.745. The highest BCUT2D eigenvalue weighted by molar-refractivity contribution is 5.59. The average molecular weight is 250 g/mol. The molecule has 0 radical (unpaired) electrons. The highest BCUT2D eigenvalue weighted by atomic mass is 16.3. The van der Waals surface area contributed by atoms with E-state index in [0.717, 1.165) is 36.6 Å². The summed E-state index contributed by atoms with van der Waals surface area (Å²) in [5, 5.41) is 16.0. The molecule has 1 heterocycles. The topological polar surface area (TPSA) is 70.1 Å². The van der Waals surface area contributed by atoms with Crippen LogP contribution in [0.5, 0.6) is 0 Å². The first-order valence-corrected chi connectivity index (χ1v) is 6.65. The summed E-state index contributed by atoms with van der Waals surface area (Å²) in [4.78, 5) is 8.65. The lowest BCUT2D eigenvalue weighted by Crippen LogP contribution is -2.39. The molecular formula is C13H22N4O. The minimum absolute atomic E-state index is 0.153. The number of aliphatic hydroxyl groups excluding tert-OH is 1. The van der Waals surface area contributed by atoms with Gasteiger partial charge in [0.15, 0.2) is 0 Å². The van der Waals surface area contributed by atoms with Crippen LogP contribution in [-0.4, -0.2) is 33.8 Å². The Labute approximate surface area is 108 Å². The highest BCUT2D eigenvalue weighted by Gasteiger charge is 2.28. The molecule has 1 fully saturated rings. The fourth-order valence-electron chi connectivity index (χ4n) is 2.26. The van der Waals surface area contributed by atoms with E-state index in [1.165, 1.54) is 0 Å². The molecule has 0 atom stereocenters. The van der Waals surface area contributed by atoms with Crippen molar-refractivity contribution in [2.45, 2.75) is 51.7 Å². The van der Waals surface area contributed by atoms with E-state index in [9.17, 15) is 5.11 Å². The molecule has 2 rings (SSSR count). The van der Waals surface area contributed by atoms with Crippen molar-refractivity contribution in [2.24, 2.45) is 0 Å². The third-order valence-electron chi connectivity index (χ3n) is 3.26. The molecule has 0 unspecified atom stereocenters. The van der Waals surface area contributed by atoms with Gasteiger partial charge in [0.2, 0.25) is 0 Å². The summed E-state index contributed by atoms with van der Waals surface area (Å²) < 4.78 is 0. The third-order valence-corrected chi connectivity index (χ3v) is 3.26. The Kier molecular flexibility index (Phi) is 4.01. The summed E-state index contributed by atoms with van der Waals surface area (Å²) in [5.41, 5.74) is 1.13. The molecule has 5 nitrogen and oxygen atoms in total. The Morgan fingerprint density at radius 2 is 2.00 bits per heavy atom. The second kappa shape index (κ2) is 5.52. The molecule has 1 aromatic rings. The van der Waals surface area contributed by atoms with Gasteiger partial charge in [0.05, 0.1) is 6.10 Å². The van der Waals surface area contributed by atoms with Gasteiger partial charge >= 0.3 is 0 Å². The van der Waals surface area contributed by atoms with Crippen LogP contribution in [0.15, 0.2) is 6.33 Å². The highest BCUT2D eigenvalue weighted by Crippen LogP contribution is 2.31. The van der Waals surface area contributed by atoms with Gasteiger partial charge in [0, 0.05) is 18.2 Å². The van der Waals surface area contributed by atoms with Gasteiger partial charge in [0.1, 0.15) is 18.0 Å². The van der Waals surface area contributed by atoms with Gasteiger partial charge in [-0.25, -0.2) is 9.97 Å². The van der Waals surface area contributed by atoms with Gasteiger partial charge in [-0.2, -0.15) is 0 Å². The van der Waals surface area contributed by atoms with Crippen LogP contribution in [0.1, 0.15) is 45.1 Å². The van der Waals surface area contributed by atoms with Crippen molar-refractivity contribution in [1.29, 1.82) is 0 Å². The van der Waals surface area contributed by atoms with Gasteiger partial charge in [-0.3, -0.25) is 0 Å². The van der Waals surface area contributed by atoms with E-state index in [-0.39, 0.29) is 6.10 Å². The molecule has 100 valence electrons. The molecule has 3 N–H and O–H groups in total. The zero-order chi connectivity index (χ0) is 13.1. The van der Waals surface area contributed by atoms with Gasteiger partial charge < -0.3 is 15.7 Å². The van der Waals surface area contributed by atoms with Crippen molar-refractivity contribution in [3.8, 4) is 0 Å². The summed E-state index contributed by atoms with van der Waals surface area (Å²) in [5.74, 6) is 2.16. The molecule has 1 aliphatic carbocycles. The van der Waals surface area contributed by atoms with Crippen molar-refractivity contribution in [2.75, 3.05) is 17.2 Å². The molecular weight excluding hydrogens is 228 g/mol. The first kappa shape index (κ1) is 13.1. The van der Waals surface area contributed by atoms with Gasteiger partial charge in [-0.15, -0.1) is 0 Å². The number of hydrogen-bond acceptors (Lipinski definition) is 5. The number of hydrogen-bond donors (Lipinski definition) is 3. The molecule has 0 aromatic carbocycles. The number of aliphatic hydroxyl groups is 1. The molecule has 0 aliphatic heterocycles. The Hall–Kier alpha value is -1.36. The molecule has 1 saturated carbocycles. The maximum absolute atomic E-state index is 9.33. The molecule has 0 spiro atoms. The van der Waals surface area contributed by atoms with E-state index in [2.05, 4.69) is 41.4 Å². The largest absolute Gasteiger partial charge is 0.393 e. The zero-order valence-corrected chi connectivity index (χ0v) is 11.3. The van der Waals surface area contributed by atoms with Gasteiger partial charge in [-0.1, -0.05) is 13.8 Å². The predicted molar refractivity (Wildman–Crippen MR) is 72.9 cm³/mol. The van der Waals surface area contributed by atoms with E-state index in [1.807, 2.05) is 0 Å². The van der Waals surface area contributed by atoms with Crippen LogP contribution in [-0.2, 0) is 0 Å². The zero-order valence-electron chi connectivity index (χ0n) is 11.3. The number of rotatable bonds is 5. The van der Waals surface area contributed by atoms with Crippen molar-refractivity contribution < 1.29 is 5.11 Å². The second-order valence-electron chi connectivity index (χ2n) is 5.14. The van der Waals surface area contributed by atoms with Crippen LogP contribution in [0.2, 0.25) is 0 Å². The summed E-state index contributed by atoms with van der Waals surface area (Å²) in [6.45, 7) is 7.18. The van der Waals surface area contributed by atoms with E-state index in [1.54, 1.807) is 6.33 Å². The molecule has 18 heavy (non-hydrogen) atoms. The normalized spacial score (nSPS) is 22.7. The Balaban J connectivity index is 2.19. The van der Waals surface area contributed by atoms with Crippen LogP contribution >= 0.6 is 0 Å². The lowest BCUT2D eigenvalue weighted by Gasteiger charge is -2.33. The Bertz CT molecular complexity index is 402. The standard InChI is InChI=1S/C13H22N4O/c1-4-14-12-11(8(2)3)13(16-7-15-12)17-9-5-10(18)6-9/h7-10,18H,4-6H2,1-3H3,(H2,14,15,16,17). The van der Waals surface area contributed by atoms with Gasteiger partial charge in [-0.05, 0) is 25.7 Å². The van der Waals surface area contributed by atoms with E-state index in [4.69, 9.17) is 0 Å². The van der Waals surface area contributed by atoms with Crippen LogP contribution in [0.3, 0.4) is 0 Å². The molecule has 1 aromatic heterocycles. The smallest absolute Gasteiger partial charge is 0.135 e. The first-order valence-electron chi connectivity index (χ1n) is 6.65. The SMILES string of the molecule is CCNc1ncnc(NC2CC(O)C2)c1C(C)C. The number of nitrogens with zero attached hydrogens (tertiary/aromatic N) is 2. The minimum atomic E-state index is -0.153. The summed E-state index contributed by atoms with van der Waals surface area (Å²) >= 11 is 0. The van der Waals surface area contributed by atoms with Gasteiger partial charge in [0.25, 0.3) is 0 Å². The van der Waals surface area contributed by atoms with E-state index >= 15 is 0 Å². The Morgan fingerprint density at radius 3 is 2.56 bits per heavy atom. The van der Waals surface area contributed by atoms with E-state index in [0.29, 0.717) is 12.0 Å². The van der Waals surface area contributed by atoms with E-state index < -0.39 is 0 Å². The van der Waals surface area contributed by atoms with Crippen molar-refractivity contribution >= 4 is 11.6 Å². The monoisotopic (exact) mass is 250 g/mol. The van der Waals surface area contributed by atoms with Crippen molar-refractivity contribution in [3.05, 3.63) is 11.9 Å². The van der Waals surface area contributed by atoms with Crippen LogP contribution in [0, 0.1) is 0 Å². The average Bonchev–Trinajstić information content (AvgIpc) is 2.27. The fraction of sp³-hybridized carbons (Fsp3) is 0.692. The van der Waals surface area contributed by atoms with Crippen LogP contribution < -0.4 is 10.6 Å². The first-order chi connectivity index (χ1) is 8.61. The minimum Gasteiger partial charge on any atom is -0.393 e. The van der Waals surface area contributed by atoms with Crippen molar-refractivity contribution in [1.82, 2.24) is 9.97 Å². The molecule has 1 aliphatic rings. The molecule has 0 saturated heterocycles. The third kappa shape index (κ3) is 2.72. The Morgan fingerprint density at radius 1 is 1.33 bits per heavy atom. The molecule has 5 heteroatoms. The summed E-state index contributed by atoms with van der Waals surface area (Å²) in [7, 11) is 0. The fourth-order valence-corrected chi connectivity index (χ4v) is 2.26. The number of aromatic nitrogens is 2. The maximum Gasteiger partial charge on any atom is 0.135 e. The number of nitrogens with one attached hydrogen (secondary N) is 2. The van der Waals surface area contributed by atoms with Crippen LogP contribution in [0.25, 0.3) is 0 Å². The predicted octanol–water partition coefficient (Wildman–Crippen LogP) is 1.97. The summed E-state index contributed by atoms with van der Waals surface area (Å²) in [6.07, 6.45) is 3.04. The maximum atomic E-state index is 9.33. The number of anilines is 2. The molecule has 0 bridgehead atoms. The second-order valence-corrected chi connectivity index (χ2v) is 5.14. The molecule has 0 amide bonds. The lowest BCUT2D eigenvalue weighted by molar-refractivity contribution is 0.0835.